The molecule has 2 saturated heterocycles. The largest absolute Gasteiger partial charge is 0.459 e. The molecule has 2 saturated carbocycles. The maximum absolute atomic E-state index is 13.4. The van der Waals surface area contributed by atoms with Crippen LogP contribution in [0.4, 0.5) is 0 Å². The maximum atomic E-state index is 13.4. The Morgan fingerprint density at radius 3 is 2.47 bits per heavy atom. The third-order valence-electron chi connectivity index (χ3n) is 9.84. The number of hydrogen-bond acceptors (Lipinski definition) is 5. The Bertz CT molecular complexity index is 995. The minimum absolute atomic E-state index is 0.172. The van der Waals surface area contributed by atoms with Gasteiger partial charge in [-0.2, -0.15) is 0 Å². The summed E-state index contributed by atoms with van der Waals surface area (Å²) < 4.78 is 19.8. The van der Waals surface area contributed by atoms with Crippen molar-refractivity contribution in [1.82, 2.24) is 0 Å². The highest BCUT2D eigenvalue weighted by molar-refractivity contribution is 5.91. The minimum Gasteiger partial charge on any atom is -0.459 e. The van der Waals surface area contributed by atoms with Crippen molar-refractivity contribution in [3.05, 3.63) is 42.0 Å². The molecule has 5 heteroatoms. The van der Waals surface area contributed by atoms with E-state index >= 15 is 0 Å². The summed E-state index contributed by atoms with van der Waals surface area (Å²) in [6.45, 7) is 8.26. The van der Waals surface area contributed by atoms with Crippen LogP contribution in [-0.4, -0.2) is 35.3 Å². The average Bonchev–Trinajstić information content (AvgIpc) is 3.40. The second-order valence-corrected chi connectivity index (χ2v) is 11.9. The van der Waals surface area contributed by atoms with Crippen molar-refractivity contribution in [1.29, 1.82) is 0 Å². The normalized spacial score (nSPS) is 38.4. The number of esters is 2. The fourth-order valence-corrected chi connectivity index (χ4v) is 8.00. The summed E-state index contributed by atoms with van der Waals surface area (Å²) in [6, 6.07) is 9.95. The van der Waals surface area contributed by atoms with Crippen molar-refractivity contribution in [2.45, 2.75) is 109 Å². The van der Waals surface area contributed by atoms with E-state index in [-0.39, 0.29) is 36.0 Å². The molecular formula is C31H42O5. The lowest BCUT2D eigenvalue weighted by Crippen LogP contribution is -2.63. The van der Waals surface area contributed by atoms with Crippen molar-refractivity contribution in [2.75, 3.05) is 0 Å². The molecule has 1 aromatic carbocycles. The Hall–Kier alpha value is -2.14. The van der Waals surface area contributed by atoms with Crippen molar-refractivity contribution in [3.8, 4) is 0 Å². The monoisotopic (exact) mass is 494 g/mol. The van der Waals surface area contributed by atoms with Crippen molar-refractivity contribution < 1.29 is 23.8 Å². The minimum atomic E-state index is -0.599. The van der Waals surface area contributed by atoms with E-state index < -0.39 is 11.2 Å². The molecule has 2 bridgehead atoms. The highest BCUT2D eigenvalue weighted by Gasteiger charge is 2.73. The Kier molecular flexibility index (Phi) is 7.06. The average molecular weight is 495 g/mol. The summed E-state index contributed by atoms with van der Waals surface area (Å²) in [7, 11) is 0. The second kappa shape index (κ2) is 9.96. The predicted octanol–water partition coefficient (Wildman–Crippen LogP) is 6.50. The first-order chi connectivity index (χ1) is 17.3. The standard InChI is InChI=1S/C31H42O5/c1-5-26(32)34-25-19-31(23-14-10-7-11-15-23)29(28-20(2)16-17-24(28)30(25,4)36-31)35-27(33)18-21(3)22-12-8-6-9-13-22/h6,8-9,12-13,18,20,23-25,28-29H,5,7,10-11,14-17,19H2,1-4H3/b21-18+. The number of benzene rings is 1. The molecule has 0 aromatic heterocycles. The van der Waals surface area contributed by atoms with Gasteiger partial charge in [-0.05, 0) is 68.4 Å². The lowest BCUT2D eigenvalue weighted by Gasteiger charge is -2.54. The summed E-state index contributed by atoms with van der Waals surface area (Å²) >= 11 is 0. The number of ether oxygens (including phenoxy) is 3. The zero-order chi connectivity index (χ0) is 25.5. The third-order valence-corrected chi connectivity index (χ3v) is 9.84. The number of rotatable bonds is 6. The van der Waals surface area contributed by atoms with Crippen LogP contribution in [0.1, 0.15) is 91.0 Å². The van der Waals surface area contributed by atoms with Gasteiger partial charge < -0.3 is 14.2 Å². The van der Waals surface area contributed by atoms with Crippen LogP contribution in [0.5, 0.6) is 0 Å². The summed E-state index contributed by atoms with van der Waals surface area (Å²) in [5.41, 5.74) is 0.781. The van der Waals surface area contributed by atoms with Crippen LogP contribution >= 0.6 is 0 Å². The number of carbonyl (C=O) groups excluding carboxylic acids is 2. The van der Waals surface area contributed by atoms with Gasteiger partial charge in [0, 0.05) is 24.8 Å². The number of hydrogen-bond donors (Lipinski definition) is 0. The van der Waals surface area contributed by atoms with E-state index in [0.29, 0.717) is 24.7 Å². The molecule has 2 aliphatic carbocycles. The first-order valence-corrected chi connectivity index (χ1v) is 14.1. The van der Waals surface area contributed by atoms with E-state index in [9.17, 15) is 9.59 Å². The van der Waals surface area contributed by atoms with Gasteiger partial charge in [-0.1, -0.05) is 63.4 Å². The molecule has 0 N–H and O–H groups in total. The van der Waals surface area contributed by atoms with Gasteiger partial charge in [-0.15, -0.1) is 0 Å². The molecule has 2 aliphatic heterocycles. The predicted molar refractivity (Wildman–Crippen MR) is 139 cm³/mol. The van der Waals surface area contributed by atoms with Crippen LogP contribution in [0.2, 0.25) is 0 Å². The van der Waals surface area contributed by atoms with Crippen LogP contribution < -0.4 is 0 Å². The first kappa shape index (κ1) is 25.5. The molecule has 5 nitrogen and oxygen atoms in total. The lowest BCUT2D eigenvalue weighted by atomic mass is 9.66. The van der Waals surface area contributed by atoms with Gasteiger partial charge in [-0.25, -0.2) is 4.79 Å². The quantitative estimate of drug-likeness (QED) is 0.334. The van der Waals surface area contributed by atoms with Gasteiger partial charge in [0.25, 0.3) is 0 Å². The van der Waals surface area contributed by atoms with Crippen LogP contribution in [0.25, 0.3) is 5.57 Å². The molecule has 0 radical (unpaired) electrons. The lowest BCUT2D eigenvalue weighted by molar-refractivity contribution is -0.270. The van der Waals surface area contributed by atoms with E-state index in [1.807, 2.05) is 44.2 Å². The van der Waals surface area contributed by atoms with Crippen LogP contribution in [0.3, 0.4) is 0 Å². The van der Waals surface area contributed by atoms with E-state index in [0.717, 1.165) is 36.8 Å². The first-order valence-electron chi connectivity index (χ1n) is 14.1. The SMILES string of the molecule is CCC(=O)OC1CC2(C3CCCCC3)OC1(C)C1CCC(C)C1C2OC(=O)/C=C(\C)c1ccccc1. The summed E-state index contributed by atoms with van der Waals surface area (Å²) in [5.74, 6) is 0.688. The molecule has 4 fully saturated rings. The molecule has 5 rings (SSSR count). The molecule has 7 atom stereocenters. The molecule has 0 spiro atoms. The Labute approximate surface area is 216 Å². The topological polar surface area (TPSA) is 61.8 Å². The van der Waals surface area contributed by atoms with Crippen molar-refractivity contribution in [3.63, 3.8) is 0 Å². The van der Waals surface area contributed by atoms with E-state index in [4.69, 9.17) is 14.2 Å². The molecule has 36 heavy (non-hydrogen) atoms. The highest BCUT2D eigenvalue weighted by atomic mass is 16.6. The molecule has 7 unspecified atom stereocenters. The fourth-order valence-electron chi connectivity index (χ4n) is 8.00. The molecule has 4 aliphatic rings. The van der Waals surface area contributed by atoms with Gasteiger partial charge >= 0.3 is 11.9 Å². The molecule has 1 aromatic rings. The highest BCUT2D eigenvalue weighted by Crippen LogP contribution is 2.64. The third kappa shape index (κ3) is 4.31. The summed E-state index contributed by atoms with van der Waals surface area (Å²) in [4.78, 5) is 25.9. The number of fused-ring (bicyclic) bond motifs is 4. The Morgan fingerprint density at radius 1 is 1.06 bits per heavy atom. The van der Waals surface area contributed by atoms with Gasteiger partial charge in [0.15, 0.2) is 0 Å². The van der Waals surface area contributed by atoms with Gasteiger partial charge in [0.05, 0.1) is 0 Å². The van der Waals surface area contributed by atoms with Gasteiger partial charge in [0.2, 0.25) is 0 Å². The van der Waals surface area contributed by atoms with Crippen molar-refractivity contribution in [2.24, 2.45) is 23.7 Å². The zero-order valence-electron chi connectivity index (χ0n) is 22.3. The number of allylic oxidation sites excluding steroid dienone is 1. The van der Waals surface area contributed by atoms with Gasteiger partial charge in [-0.3, -0.25) is 4.79 Å². The Morgan fingerprint density at radius 2 is 1.78 bits per heavy atom. The molecule has 196 valence electrons. The molecule has 0 amide bonds. The van der Waals surface area contributed by atoms with Crippen LogP contribution in [-0.2, 0) is 23.8 Å². The van der Waals surface area contributed by atoms with E-state index in [2.05, 4.69) is 13.8 Å². The second-order valence-electron chi connectivity index (χ2n) is 11.9. The van der Waals surface area contributed by atoms with E-state index in [1.54, 1.807) is 6.08 Å². The van der Waals surface area contributed by atoms with Crippen molar-refractivity contribution >= 4 is 17.5 Å². The van der Waals surface area contributed by atoms with Gasteiger partial charge in [0.1, 0.15) is 23.4 Å². The summed E-state index contributed by atoms with van der Waals surface area (Å²) in [5, 5.41) is 0. The van der Waals surface area contributed by atoms with E-state index in [1.165, 1.54) is 19.3 Å². The smallest absolute Gasteiger partial charge is 0.331 e. The zero-order valence-corrected chi connectivity index (χ0v) is 22.3. The molecule has 2 heterocycles. The molecular weight excluding hydrogens is 452 g/mol. The van der Waals surface area contributed by atoms with Crippen LogP contribution in [0.15, 0.2) is 36.4 Å². The van der Waals surface area contributed by atoms with Crippen LogP contribution in [0, 0.1) is 23.7 Å². The maximum Gasteiger partial charge on any atom is 0.331 e. The Balaban J connectivity index is 1.52. The fraction of sp³-hybridized carbons (Fsp3) is 0.677. The summed E-state index contributed by atoms with van der Waals surface area (Å²) in [6.07, 6.45) is 9.81. The number of carbonyl (C=O) groups is 2.